The Morgan fingerprint density at radius 3 is 0.836 bits per heavy atom. The highest BCUT2D eigenvalue weighted by Crippen LogP contribution is 2.47. The van der Waals surface area contributed by atoms with Crippen molar-refractivity contribution in [1.29, 1.82) is 0 Å². The molecule has 0 unspecified atom stereocenters. The Hall–Kier alpha value is -8.42. The Labute approximate surface area is 388 Å². The van der Waals surface area contributed by atoms with Gasteiger partial charge in [0.15, 0.2) is 0 Å². The smallest absolute Gasteiger partial charge is 0.0970 e. The maximum absolute atomic E-state index is 4.85. The van der Waals surface area contributed by atoms with E-state index in [1.165, 1.54) is 33.4 Å². The van der Waals surface area contributed by atoms with Crippen LogP contribution < -0.4 is 4.90 Å². The van der Waals surface area contributed by atoms with Crippen molar-refractivity contribution >= 4 is 82.5 Å². The number of benzene rings is 6. The molecule has 0 saturated carbocycles. The third-order valence-electron chi connectivity index (χ3n) is 13.6. The predicted molar refractivity (Wildman–Crippen MR) is 278 cm³/mol. The Kier molecular flexibility index (Phi) is 9.36. The van der Waals surface area contributed by atoms with Crippen LogP contribution in [0.5, 0.6) is 0 Å². The number of hydrogen-bond acceptors (Lipinski definition) is 7. The van der Waals surface area contributed by atoms with Gasteiger partial charge in [-0.05, 0) is 199 Å². The van der Waals surface area contributed by atoms with E-state index in [0.717, 1.165) is 116 Å². The van der Waals surface area contributed by atoms with Crippen molar-refractivity contribution in [3.05, 3.63) is 198 Å². The number of aryl methyl sites for hydroxylation is 6. The lowest BCUT2D eigenvalue weighted by molar-refractivity contribution is 1.18. The zero-order valence-corrected chi connectivity index (χ0v) is 38.2. The Bertz CT molecular complexity index is 3610. The first-order valence-electron chi connectivity index (χ1n) is 22.7. The summed E-state index contributed by atoms with van der Waals surface area (Å²) >= 11 is 0. The maximum Gasteiger partial charge on any atom is 0.0970 e. The number of fused-ring (bicyclic) bond motifs is 9. The molecular formula is C60H45N7. The SMILES string of the molecule is Cc1cc(N(c2cc(C)c(-c3cc4cccnc4c4ncccc34)cc2C)c2cc(C)c(-c3cc4cccnc4c4ncccc34)cc2C)c(C)cc1-c1cc2cccnc2c2ncccc12. The van der Waals surface area contributed by atoms with Crippen molar-refractivity contribution in [2.45, 2.75) is 41.5 Å². The highest BCUT2D eigenvalue weighted by Gasteiger charge is 2.25. The van der Waals surface area contributed by atoms with Gasteiger partial charge in [0.2, 0.25) is 0 Å². The van der Waals surface area contributed by atoms with Crippen molar-refractivity contribution in [2.24, 2.45) is 0 Å². The average molecular weight is 864 g/mol. The Morgan fingerprint density at radius 2 is 0.537 bits per heavy atom. The molecule has 0 atom stereocenters. The summed E-state index contributed by atoms with van der Waals surface area (Å²) < 4.78 is 0. The lowest BCUT2D eigenvalue weighted by Gasteiger charge is -2.32. The molecule has 0 bridgehead atoms. The maximum atomic E-state index is 4.85. The van der Waals surface area contributed by atoms with Gasteiger partial charge in [0.05, 0.1) is 33.1 Å². The van der Waals surface area contributed by atoms with Crippen LogP contribution in [-0.2, 0) is 0 Å². The van der Waals surface area contributed by atoms with E-state index in [1.54, 1.807) is 0 Å². The molecule has 7 heteroatoms. The first-order valence-corrected chi connectivity index (χ1v) is 22.7. The van der Waals surface area contributed by atoms with Gasteiger partial charge >= 0.3 is 0 Å². The summed E-state index contributed by atoms with van der Waals surface area (Å²) in [4.78, 5) is 31.3. The first kappa shape index (κ1) is 40.1. The Morgan fingerprint density at radius 1 is 0.269 bits per heavy atom. The minimum Gasteiger partial charge on any atom is -0.310 e. The number of nitrogens with zero attached hydrogens (tertiary/aromatic N) is 7. The highest BCUT2D eigenvalue weighted by atomic mass is 15.1. The van der Waals surface area contributed by atoms with Gasteiger partial charge in [0.25, 0.3) is 0 Å². The second kappa shape index (κ2) is 15.6. The van der Waals surface area contributed by atoms with Crippen molar-refractivity contribution in [1.82, 2.24) is 29.9 Å². The molecule has 0 N–H and O–H groups in total. The van der Waals surface area contributed by atoms with Crippen molar-refractivity contribution in [2.75, 3.05) is 4.90 Å². The van der Waals surface area contributed by atoms with Gasteiger partial charge in [-0.2, -0.15) is 0 Å². The lowest BCUT2D eigenvalue weighted by Crippen LogP contribution is -2.15. The molecule has 0 spiro atoms. The molecule has 0 aliphatic carbocycles. The number of anilines is 3. The van der Waals surface area contributed by atoms with E-state index in [2.05, 4.69) is 137 Å². The fraction of sp³-hybridized carbons (Fsp3) is 0.100. The molecule has 12 aromatic rings. The van der Waals surface area contributed by atoms with Crippen molar-refractivity contribution in [3.8, 4) is 33.4 Å². The molecule has 6 heterocycles. The molecule has 0 aliphatic heterocycles. The third kappa shape index (κ3) is 6.49. The topological polar surface area (TPSA) is 80.6 Å². The molecule has 0 aliphatic rings. The molecule has 0 radical (unpaired) electrons. The van der Waals surface area contributed by atoms with Crippen LogP contribution in [0, 0.1) is 41.5 Å². The quantitative estimate of drug-likeness (QED) is 0.154. The number of aromatic nitrogens is 6. The van der Waals surface area contributed by atoms with E-state index >= 15 is 0 Å². The fourth-order valence-corrected chi connectivity index (χ4v) is 10.4. The standard InChI is InChI=1S/C60H45N7/c1-34-28-52(37(4)25-46(34)49-31-40-13-7-19-61-55(40)58-43(49)16-10-22-64-58)67(53-29-35(2)47(26-38(53)5)50-32-41-14-8-20-62-56(41)59-44(50)17-11-23-65-59)54-30-36(3)48(27-39(54)6)51-33-42-15-9-21-63-57(42)60-45(51)18-12-24-66-60/h7-33H,1-6H3. The Balaban J connectivity index is 1.08. The fourth-order valence-electron chi connectivity index (χ4n) is 10.4. The van der Waals surface area contributed by atoms with Crippen LogP contribution in [-0.4, -0.2) is 29.9 Å². The summed E-state index contributed by atoms with van der Waals surface area (Å²) in [6.45, 7) is 13.4. The van der Waals surface area contributed by atoms with Crippen LogP contribution in [0.15, 0.2) is 165 Å². The summed E-state index contributed by atoms with van der Waals surface area (Å²) in [7, 11) is 0. The van der Waals surface area contributed by atoms with E-state index in [0.29, 0.717) is 0 Å². The van der Waals surface area contributed by atoms with Gasteiger partial charge < -0.3 is 4.90 Å². The average Bonchev–Trinajstić information content (AvgIpc) is 3.36. The zero-order valence-electron chi connectivity index (χ0n) is 38.2. The molecule has 0 saturated heterocycles. The molecule has 6 aromatic carbocycles. The van der Waals surface area contributed by atoms with E-state index in [4.69, 9.17) is 29.9 Å². The van der Waals surface area contributed by atoms with Gasteiger partial charge in [-0.3, -0.25) is 29.9 Å². The van der Waals surface area contributed by atoms with Crippen LogP contribution in [0.1, 0.15) is 33.4 Å². The monoisotopic (exact) mass is 863 g/mol. The number of hydrogen-bond donors (Lipinski definition) is 0. The van der Waals surface area contributed by atoms with Crippen LogP contribution in [0.4, 0.5) is 17.1 Å². The van der Waals surface area contributed by atoms with Gasteiger partial charge in [0, 0.05) is 86.6 Å². The molecule has 0 fully saturated rings. The molecule has 6 aromatic heterocycles. The van der Waals surface area contributed by atoms with Gasteiger partial charge in [0.1, 0.15) is 0 Å². The van der Waals surface area contributed by atoms with Crippen LogP contribution in [0.25, 0.3) is 98.8 Å². The van der Waals surface area contributed by atoms with Gasteiger partial charge in [-0.15, -0.1) is 0 Å². The summed E-state index contributed by atoms with van der Waals surface area (Å²) in [5.41, 5.74) is 22.8. The van der Waals surface area contributed by atoms with Gasteiger partial charge in [-0.25, -0.2) is 0 Å². The van der Waals surface area contributed by atoms with Gasteiger partial charge in [-0.1, -0.05) is 36.4 Å². The molecule has 12 rings (SSSR count). The van der Waals surface area contributed by atoms with E-state index in [-0.39, 0.29) is 0 Å². The van der Waals surface area contributed by atoms with E-state index in [9.17, 15) is 0 Å². The second-order valence-corrected chi connectivity index (χ2v) is 17.9. The molecule has 0 amide bonds. The summed E-state index contributed by atoms with van der Waals surface area (Å²) in [5.74, 6) is 0. The third-order valence-corrected chi connectivity index (χ3v) is 13.6. The lowest BCUT2D eigenvalue weighted by atomic mass is 9.90. The molecule has 320 valence electrons. The van der Waals surface area contributed by atoms with Crippen molar-refractivity contribution in [3.63, 3.8) is 0 Å². The minimum atomic E-state index is 0.910. The molecule has 7 nitrogen and oxygen atoms in total. The highest BCUT2D eigenvalue weighted by molar-refractivity contribution is 6.13. The van der Waals surface area contributed by atoms with E-state index in [1.807, 2.05) is 73.6 Å². The number of rotatable bonds is 6. The molecular weight excluding hydrogens is 819 g/mol. The normalized spacial score (nSPS) is 11.7. The van der Waals surface area contributed by atoms with Crippen LogP contribution in [0.3, 0.4) is 0 Å². The summed E-state index contributed by atoms with van der Waals surface area (Å²) in [6.07, 6.45) is 11.1. The largest absolute Gasteiger partial charge is 0.310 e. The van der Waals surface area contributed by atoms with Crippen LogP contribution in [0.2, 0.25) is 0 Å². The number of pyridine rings is 6. The van der Waals surface area contributed by atoms with Crippen LogP contribution >= 0.6 is 0 Å². The zero-order chi connectivity index (χ0) is 45.5. The van der Waals surface area contributed by atoms with Crippen molar-refractivity contribution < 1.29 is 0 Å². The first-order chi connectivity index (χ1) is 32.7. The van der Waals surface area contributed by atoms with E-state index < -0.39 is 0 Å². The second-order valence-electron chi connectivity index (χ2n) is 17.9. The summed E-state index contributed by atoms with van der Waals surface area (Å²) in [6, 6.07) is 45.9. The summed E-state index contributed by atoms with van der Waals surface area (Å²) in [5, 5.41) is 6.47. The predicted octanol–water partition coefficient (Wildman–Crippen LogP) is 15.3. The molecule has 67 heavy (non-hydrogen) atoms. The minimum absolute atomic E-state index is 0.910.